The van der Waals surface area contributed by atoms with Gasteiger partial charge in [-0.1, -0.05) is 22.8 Å². The van der Waals surface area contributed by atoms with Gasteiger partial charge in [-0.15, -0.1) is 0 Å². The summed E-state index contributed by atoms with van der Waals surface area (Å²) in [5.41, 5.74) is 3.09. The minimum Gasteiger partial charge on any atom is -0.497 e. The van der Waals surface area contributed by atoms with Crippen molar-refractivity contribution in [2.24, 2.45) is 5.16 Å². The lowest BCUT2D eigenvalue weighted by atomic mass is 9.90. The molecule has 3 rings (SSSR count). The average molecular weight is 360 g/mol. The molecular weight excluding hydrogens is 342 g/mol. The summed E-state index contributed by atoms with van der Waals surface area (Å²) in [6, 6.07) is 10.6. The molecule has 0 saturated carbocycles. The Hall–Kier alpha value is -2.53. The minimum atomic E-state index is -0.609. The molecule has 0 spiro atoms. The Morgan fingerprint density at radius 1 is 1.08 bits per heavy atom. The highest BCUT2D eigenvalue weighted by molar-refractivity contribution is 6.31. The van der Waals surface area contributed by atoms with Crippen LogP contribution in [0.3, 0.4) is 0 Å². The van der Waals surface area contributed by atoms with Crippen LogP contribution < -0.4 is 9.47 Å². The number of carbonyl (C=O) groups excluding carboxylic acids is 1. The molecule has 0 atom stereocenters. The van der Waals surface area contributed by atoms with Gasteiger partial charge in [0.1, 0.15) is 17.1 Å². The zero-order valence-corrected chi connectivity index (χ0v) is 14.8. The highest BCUT2D eigenvalue weighted by Gasteiger charge is 2.19. The molecule has 2 aromatic rings. The van der Waals surface area contributed by atoms with Gasteiger partial charge in [0.15, 0.2) is 0 Å². The van der Waals surface area contributed by atoms with Crippen LogP contribution in [0.5, 0.6) is 11.5 Å². The predicted molar refractivity (Wildman–Crippen MR) is 95.9 cm³/mol. The highest BCUT2D eigenvalue weighted by atomic mass is 35.5. The molecule has 0 aliphatic heterocycles. The Bertz CT molecular complexity index is 832. The third-order valence-electron chi connectivity index (χ3n) is 4.11. The molecule has 0 aromatic heterocycles. The number of ether oxygens (including phenoxy) is 2. The predicted octanol–water partition coefficient (Wildman–Crippen LogP) is 4.25. The van der Waals surface area contributed by atoms with Crippen LogP contribution >= 0.6 is 11.6 Å². The number of fused-ring (bicyclic) bond motifs is 1. The normalized spacial score (nSPS) is 14.8. The maximum atomic E-state index is 12.4. The third-order valence-corrected chi connectivity index (χ3v) is 4.34. The smallest absolute Gasteiger partial charge is 0.369 e. The second-order valence-corrected chi connectivity index (χ2v) is 6.07. The quantitative estimate of drug-likeness (QED) is 0.604. The van der Waals surface area contributed by atoms with Crippen molar-refractivity contribution in [3.05, 3.63) is 58.1 Å². The van der Waals surface area contributed by atoms with Crippen molar-refractivity contribution >= 4 is 23.3 Å². The van der Waals surface area contributed by atoms with E-state index in [9.17, 15) is 4.79 Å². The number of hydrogen-bond acceptors (Lipinski definition) is 5. The van der Waals surface area contributed by atoms with E-state index in [1.807, 2.05) is 18.2 Å². The van der Waals surface area contributed by atoms with E-state index in [-0.39, 0.29) is 5.56 Å². The average Bonchev–Trinajstić information content (AvgIpc) is 2.65. The molecule has 0 unspecified atom stereocenters. The second kappa shape index (κ2) is 7.57. The van der Waals surface area contributed by atoms with Gasteiger partial charge in [-0.25, -0.2) is 4.79 Å². The van der Waals surface area contributed by atoms with Crippen LogP contribution in [0.15, 0.2) is 41.6 Å². The van der Waals surface area contributed by atoms with Gasteiger partial charge in [0, 0.05) is 10.6 Å². The highest BCUT2D eigenvalue weighted by Crippen LogP contribution is 2.27. The van der Waals surface area contributed by atoms with E-state index >= 15 is 0 Å². The first-order chi connectivity index (χ1) is 12.1. The van der Waals surface area contributed by atoms with Crippen LogP contribution in [0.25, 0.3) is 0 Å². The van der Waals surface area contributed by atoms with E-state index in [1.165, 1.54) is 18.7 Å². The minimum absolute atomic E-state index is 0.237. The Morgan fingerprint density at radius 2 is 1.92 bits per heavy atom. The molecule has 2 aromatic carbocycles. The summed E-state index contributed by atoms with van der Waals surface area (Å²) in [4.78, 5) is 17.5. The summed E-state index contributed by atoms with van der Waals surface area (Å²) in [7, 11) is 3.10. The van der Waals surface area contributed by atoms with E-state index in [0.29, 0.717) is 10.8 Å². The van der Waals surface area contributed by atoms with Crippen LogP contribution in [0, 0.1) is 0 Å². The molecule has 1 aliphatic carbocycles. The molecule has 5 nitrogen and oxygen atoms in total. The number of carbonyl (C=O) groups is 1. The lowest BCUT2D eigenvalue weighted by molar-refractivity contribution is 0.0512. The van der Waals surface area contributed by atoms with E-state index < -0.39 is 5.97 Å². The van der Waals surface area contributed by atoms with Gasteiger partial charge in [0.05, 0.1) is 19.9 Å². The summed E-state index contributed by atoms with van der Waals surface area (Å²) < 4.78 is 10.4. The first-order valence-corrected chi connectivity index (χ1v) is 8.29. The Balaban J connectivity index is 1.86. The van der Waals surface area contributed by atoms with Crippen LogP contribution in [0.1, 0.15) is 34.3 Å². The molecule has 0 fully saturated rings. The van der Waals surface area contributed by atoms with Crippen LogP contribution in [-0.2, 0) is 11.3 Å². The lowest BCUT2D eigenvalue weighted by Crippen LogP contribution is -2.14. The maximum absolute atomic E-state index is 12.4. The van der Waals surface area contributed by atoms with Crippen molar-refractivity contribution in [3.8, 4) is 11.5 Å². The molecule has 0 heterocycles. The maximum Gasteiger partial charge on any atom is 0.369 e. The molecule has 0 N–H and O–H groups in total. The van der Waals surface area contributed by atoms with Gasteiger partial charge in [-0.2, -0.15) is 0 Å². The number of benzene rings is 2. The van der Waals surface area contributed by atoms with E-state index in [2.05, 4.69) is 5.16 Å². The lowest BCUT2D eigenvalue weighted by Gasteiger charge is -2.18. The zero-order chi connectivity index (χ0) is 17.8. The van der Waals surface area contributed by atoms with Crippen LogP contribution in [0.2, 0.25) is 5.02 Å². The fourth-order valence-electron chi connectivity index (χ4n) is 2.83. The molecule has 1 aliphatic rings. The monoisotopic (exact) mass is 359 g/mol. The van der Waals surface area contributed by atoms with Crippen LogP contribution in [0.4, 0.5) is 0 Å². The number of rotatable bonds is 4. The second-order valence-electron chi connectivity index (χ2n) is 5.64. The number of oxime groups is 1. The molecule has 0 radical (unpaired) electrons. The molecular formula is C19H18ClNO4. The topological polar surface area (TPSA) is 57.1 Å². The molecule has 130 valence electrons. The van der Waals surface area contributed by atoms with Gasteiger partial charge in [-0.3, -0.25) is 0 Å². The molecule has 25 heavy (non-hydrogen) atoms. The summed E-state index contributed by atoms with van der Waals surface area (Å²) >= 11 is 5.95. The summed E-state index contributed by atoms with van der Waals surface area (Å²) in [6.07, 6.45) is 2.66. The van der Waals surface area contributed by atoms with Crippen molar-refractivity contribution in [1.29, 1.82) is 0 Å². The number of nitrogens with zero attached hydrogens (tertiary/aromatic N) is 1. The molecule has 6 heteroatoms. The van der Waals surface area contributed by atoms with Crippen molar-refractivity contribution in [1.82, 2.24) is 0 Å². The number of aryl methyl sites for hydroxylation is 1. The number of methoxy groups -OCH3 is 2. The Labute approximate surface area is 151 Å². The first-order valence-electron chi connectivity index (χ1n) is 7.91. The fraction of sp³-hybridized carbons (Fsp3) is 0.263. The van der Waals surface area contributed by atoms with Crippen molar-refractivity contribution in [3.63, 3.8) is 0 Å². The number of halogens is 1. The zero-order valence-electron chi connectivity index (χ0n) is 14.0. The van der Waals surface area contributed by atoms with Gasteiger partial charge in [-0.05, 0) is 55.2 Å². The standard InChI is InChI=1S/C19H18ClNO4/c1-23-14-8-6-12-4-3-5-17(15(12)11-14)21-25-19(22)16-10-13(20)7-9-18(16)24-2/h6-11H,3-5H2,1-2H3/b21-17-. The molecule has 0 bridgehead atoms. The van der Waals surface area contributed by atoms with Crippen molar-refractivity contribution < 1.29 is 19.1 Å². The third kappa shape index (κ3) is 3.77. The van der Waals surface area contributed by atoms with Crippen LogP contribution in [-0.4, -0.2) is 25.9 Å². The Kier molecular flexibility index (Phi) is 5.24. The summed E-state index contributed by atoms with van der Waals surface area (Å²) in [6.45, 7) is 0. The van der Waals surface area contributed by atoms with Gasteiger partial charge < -0.3 is 14.3 Å². The van der Waals surface area contributed by atoms with E-state index in [0.717, 1.165) is 36.3 Å². The number of hydrogen-bond donors (Lipinski definition) is 0. The summed E-state index contributed by atoms with van der Waals surface area (Å²) in [5, 5.41) is 4.52. The fourth-order valence-corrected chi connectivity index (χ4v) is 3.00. The molecule has 0 amide bonds. The first kappa shape index (κ1) is 17.3. The molecule has 0 saturated heterocycles. The van der Waals surface area contributed by atoms with Crippen molar-refractivity contribution in [2.45, 2.75) is 19.3 Å². The SMILES string of the molecule is COc1ccc2c(c1)/C(=N\OC(=O)c1cc(Cl)ccc1OC)CCC2. The van der Waals surface area contributed by atoms with E-state index in [1.54, 1.807) is 19.2 Å². The summed E-state index contributed by atoms with van der Waals surface area (Å²) in [5.74, 6) is 0.526. The van der Waals surface area contributed by atoms with Gasteiger partial charge in [0.25, 0.3) is 0 Å². The van der Waals surface area contributed by atoms with Gasteiger partial charge >= 0.3 is 5.97 Å². The van der Waals surface area contributed by atoms with Crippen molar-refractivity contribution in [2.75, 3.05) is 14.2 Å². The van der Waals surface area contributed by atoms with Gasteiger partial charge in [0.2, 0.25) is 0 Å². The largest absolute Gasteiger partial charge is 0.497 e. The Morgan fingerprint density at radius 3 is 2.68 bits per heavy atom. The van der Waals surface area contributed by atoms with E-state index in [4.69, 9.17) is 25.9 Å².